The van der Waals surface area contributed by atoms with Gasteiger partial charge in [0.25, 0.3) is 0 Å². The molecule has 2 aliphatic rings. The van der Waals surface area contributed by atoms with Gasteiger partial charge in [0.15, 0.2) is 0 Å². The number of nitrogens with zero attached hydrogens (tertiary/aromatic N) is 2. The SMILES string of the molecule is CCN1CCN(CC2CC2)C1=O. The van der Waals surface area contributed by atoms with Crippen LogP contribution < -0.4 is 0 Å². The van der Waals surface area contributed by atoms with Crippen molar-refractivity contribution in [3.63, 3.8) is 0 Å². The molecule has 1 aliphatic heterocycles. The van der Waals surface area contributed by atoms with Crippen molar-refractivity contribution in [1.82, 2.24) is 9.80 Å². The van der Waals surface area contributed by atoms with Crippen LogP contribution in [0.3, 0.4) is 0 Å². The number of hydrogen-bond donors (Lipinski definition) is 0. The molecule has 1 saturated heterocycles. The lowest BCUT2D eigenvalue weighted by molar-refractivity contribution is 0.192. The number of carbonyl (C=O) groups is 1. The van der Waals surface area contributed by atoms with Crippen molar-refractivity contribution < 1.29 is 4.79 Å². The summed E-state index contributed by atoms with van der Waals surface area (Å²) < 4.78 is 0. The molecule has 0 aromatic rings. The maximum atomic E-state index is 11.6. The van der Waals surface area contributed by atoms with Gasteiger partial charge >= 0.3 is 6.03 Å². The van der Waals surface area contributed by atoms with Gasteiger partial charge in [0.05, 0.1) is 0 Å². The minimum absolute atomic E-state index is 0.254. The third-order valence-electron chi connectivity index (χ3n) is 2.74. The quantitative estimate of drug-likeness (QED) is 0.620. The maximum Gasteiger partial charge on any atom is 0.320 e. The summed E-state index contributed by atoms with van der Waals surface area (Å²) in [5, 5.41) is 0. The monoisotopic (exact) mass is 168 g/mol. The zero-order chi connectivity index (χ0) is 8.55. The lowest BCUT2D eigenvalue weighted by Crippen LogP contribution is -2.32. The van der Waals surface area contributed by atoms with Crippen molar-refractivity contribution >= 4 is 6.03 Å². The van der Waals surface area contributed by atoms with Gasteiger partial charge in [-0.3, -0.25) is 0 Å². The fourth-order valence-corrected chi connectivity index (χ4v) is 1.71. The van der Waals surface area contributed by atoms with E-state index in [0.29, 0.717) is 0 Å². The zero-order valence-electron chi connectivity index (χ0n) is 7.62. The van der Waals surface area contributed by atoms with E-state index in [1.165, 1.54) is 12.8 Å². The molecule has 12 heavy (non-hydrogen) atoms. The largest absolute Gasteiger partial charge is 0.323 e. The Balaban J connectivity index is 1.86. The van der Waals surface area contributed by atoms with Crippen molar-refractivity contribution in [1.29, 1.82) is 0 Å². The van der Waals surface area contributed by atoms with Crippen LogP contribution in [0.5, 0.6) is 0 Å². The number of rotatable bonds is 3. The Hall–Kier alpha value is -0.730. The van der Waals surface area contributed by atoms with E-state index in [0.717, 1.165) is 32.1 Å². The van der Waals surface area contributed by atoms with Gasteiger partial charge in [-0.05, 0) is 25.7 Å². The van der Waals surface area contributed by atoms with Crippen LogP contribution in [0.15, 0.2) is 0 Å². The van der Waals surface area contributed by atoms with Gasteiger partial charge in [-0.1, -0.05) is 0 Å². The number of urea groups is 1. The maximum absolute atomic E-state index is 11.6. The molecule has 1 saturated carbocycles. The van der Waals surface area contributed by atoms with Gasteiger partial charge in [0.1, 0.15) is 0 Å². The fraction of sp³-hybridized carbons (Fsp3) is 0.889. The zero-order valence-corrected chi connectivity index (χ0v) is 7.62. The molecule has 3 heteroatoms. The molecule has 0 radical (unpaired) electrons. The first-order valence-corrected chi connectivity index (χ1v) is 4.85. The van der Waals surface area contributed by atoms with Crippen LogP contribution in [-0.4, -0.2) is 42.0 Å². The number of amides is 2. The molecule has 1 aliphatic carbocycles. The first-order valence-electron chi connectivity index (χ1n) is 4.85. The van der Waals surface area contributed by atoms with E-state index in [-0.39, 0.29) is 6.03 Å². The summed E-state index contributed by atoms with van der Waals surface area (Å²) in [5.74, 6) is 0.825. The second-order valence-electron chi connectivity index (χ2n) is 3.75. The molecule has 2 rings (SSSR count). The Morgan fingerprint density at radius 3 is 2.50 bits per heavy atom. The average molecular weight is 168 g/mol. The number of likely N-dealkylation sites (N-methyl/N-ethyl adjacent to an activating group) is 1. The highest BCUT2D eigenvalue weighted by molar-refractivity contribution is 5.76. The summed E-state index contributed by atoms with van der Waals surface area (Å²) in [5.41, 5.74) is 0. The second kappa shape index (κ2) is 2.96. The van der Waals surface area contributed by atoms with Gasteiger partial charge in [0, 0.05) is 26.2 Å². The van der Waals surface area contributed by atoms with E-state index in [1.807, 2.05) is 16.7 Å². The first-order chi connectivity index (χ1) is 5.81. The molecule has 0 aromatic heterocycles. The van der Waals surface area contributed by atoms with E-state index < -0.39 is 0 Å². The van der Waals surface area contributed by atoms with Crippen LogP contribution in [-0.2, 0) is 0 Å². The third kappa shape index (κ3) is 1.40. The van der Waals surface area contributed by atoms with E-state index in [1.54, 1.807) is 0 Å². The average Bonchev–Trinajstić information content (AvgIpc) is 2.80. The number of carbonyl (C=O) groups excluding carboxylic acids is 1. The van der Waals surface area contributed by atoms with Crippen LogP contribution in [0.1, 0.15) is 19.8 Å². The van der Waals surface area contributed by atoms with Crippen molar-refractivity contribution in [2.24, 2.45) is 5.92 Å². The van der Waals surface area contributed by atoms with Gasteiger partial charge < -0.3 is 9.80 Å². The molecule has 0 spiro atoms. The van der Waals surface area contributed by atoms with Crippen LogP contribution in [0.25, 0.3) is 0 Å². The summed E-state index contributed by atoms with van der Waals surface area (Å²) in [6.07, 6.45) is 2.66. The molecule has 0 N–H and O–H groups in total. The van der Waals surface area contributed by atoms with Crippen molar-refractivity contribution in [2.75, 3.05) is 26.2 Å². The summed E-state index contributed by atoms with van der Waals surface area (Å²) in [4.78, 5) is 15.5. The van der Waals surface area contributed by atoms with Crippen molar-refractivity contribution in [3.8, 4) is 0 Å². The Labute approximate surface area is 73.3 Å². The molecule has 0 aromatic carbocycles. The highest BCUT2D eigenvalue weighted by atomic mass is 16.2. The van der Waals surface area contributed by atoms with Crippen LogP contribution >= 0.6 is 0 Å². The van der Waals surface area contributed by atoms with Crippen molar-refractivity contribution in [3.05, 3.63) is 0 Å². The molecule has 0 atom stereocenters. The van der Waals surface area contributed by atoms with E-state index in [4.69, 9.17) is 0 Å². The second-order valence-corrected chi connectivity index (χ2v) is 3.75. The van der Waals surface area contributed by atoms with E-state index >= 15 is 0 Å². The Morgan fingerprint density at radius 2 is 2.00 bits per heavy atom. The van der Waals surface area contributed by atoms with Crippen LogP contribution in [0.4, 0.5) is 4.79 Å². The van der Waals surface area contributed by atoms with Crippen LogP contribution in [0.2, 0.25) is 0 Å². The van der Waals surface area contributed by atoms with Gasteiger partial charge in [0.2, 0.25) is 0 Å². The van der Waals surface area contributed by atoms with Crippen molar-refractivity contribution in [2.45, 2.75) is 19.8 Å². The molecule has 1 heterocycles. The number of hydrogen-bond acceptors (Lipinski definition) is 1. The minimum Gasteiger partial charge on any atom is -0.323 e. The molecule has 3 nitrogen and oxygen atoms in total. The Bertz CT molecular complexity index is 189. The molecule has 68 valence electrons. The van der Waals surface area contributed by atoms with E-state index in [2.05, 4.69) is 0 Å². The third-order valence-corrected chi connectivity index (χ3v) is 2.74. The molecular weight excluding hydrogens is 152 g/mol. The summed E-state index contributed by atoms with van der Waals surface area (Å²) in [6, 6.07) is 0.254. The highest BCUT2D eigenvalue weighted by Crippen LogP contribution is 2.30. The van der Waals surface area contributed by atoms with E-state index in [9.17, 15) is 4.79 Å². The smallest absolute Gasteiger partial charge is 0.320 e. The molecular formula is C9H16N2O. The standard InChI is InChI=1S/C9H16N2O/c1-2-10-5-6-11(9(10)12)7-8-3-4-8/h8H,2-7H2,1H3. The molecule has 0 bridgehead atoms. The lowest BCUT2D eigenvalue weighted by Gasteiger charge is -2.16. The molecule has 0 unspecified atom stereocenters. The first kappa shape index (κ1) is 7.90. The summed E-state index contributed by atoms with van der Waals surface area (Å²) in [7, 11) is 0. The van der Waals surface area contributed by atoms with Gasteiger partial charge in [-0.25, -0.2) is 4.79 Å². The predicted octanol–water partition coefficient (Wildman–Crippen LogP) is 1.15. The minimum atomic E-state index is 0.254. The summed E-state index contributed by atoms with van der Waals surface area (Å²) in [6.45, 7) is 5.79. The predicted molar refractivity (Wildman–Crippen MR) is 46.9 cm³/mol. The Kier molecular flexibility index (Phi) is 1.95. The van der Waals surface area contributed by atoms with Gasteiger partial charge in [-0.15, -0.1) is 0 Å². The lowest BCUT2D eigenvalue weighted by atomic mass is 10.4. The van der Waals surface area contributed by atoms with Gasteiger partial charge in [-0.2, -0.15) is 0 Å². The topological polar surface area (TPSA) is 23.6 Å². The summed E-state index contributed by atoms with van der Waals surface area (Å²) >= 11 is 0. The normalized spacial score (nSPS) is 23.9. The molecule has 2 fully saturated rings. The molecule has 2 amide bonds. The highest BCUT2D eigenvalue weighted by Gasteiger charge is 2.32. The Morgan fingerprint density at radius 1 is 1.33 bits per heavy atom. The van der Waals surface area contributed by atoms with Crippen LogP contribution in [0, 0.1) is 5.92 Å². The fourth-order valence-electron chi connectivity index (χ4n) is 1.71.